The van der Waals surface area contributed by atoms with Gasteiger partial charge in [-0.2, -0.15) is 0 Å². The normalized spacial score (nSPS) is 15.5. The average molecular weight is 347 g/mol. The number of nitrogens with zero attached hydrogens (tertiary/aromatic N) is 3. The van der Waals surface area contributed by atoms with Crippen LogP contribution in [0.4, 0.5) is 10.2 Å². The third kappa shape index (κ3) is 3.23. The Morgan fingerprint density at radius 3 is 2.96 bits per heavy atom. The van der Waals surface area contributed by atoms with Gasteiger partial charge in [-0.05, 0) is 30.7 Å². The first-order valence-corrected chi connectivity index (χ1v) is 7.93. The van der Waals surface area contributed by atoms with Crippen molar-refractivity contribution < 1.29 is 9.60 Å². The van der Waals surface area contributed by atoms with E-state index in [0.29, 0.717) is 25.1 Å². The van der Waals surface area contributed by atoms with Gasteiger partial charge >= 0.3 is 0 Å². The van der Waals surface area contributed by atoms with E-state index >= 15 is 0 Å². The van der Waals surface area contributed by atoms with E-state index < -0.39 is 5.82 Å². The second-order valence-corrected chi connectivity index (χ2v) is 5.79. The van der Waals surface area contributed by atoms with Crippen LogP contribution in [0.3, 0.4) is 0 Å². The van der Waals surface area contributed by atoms with Gasteiger partial charge in [0, 0.05) is 36.7 Å². The minimum atomic E-state index is -0.475. The van der Waals surface area contributed by atoms with Gasteiger partial charge in [-0.3, -0.25) is 4.99 Å². The van der Waals surface area contributed by atoms with E-state index in [9.17, 15) is 9.60 Å². The molecule has 5 nitrogen and oxygen atoms in total. The molecule has 0 radical (unpaired) electrons. The van der Waals surface area contributed by atoms with Crippen molar-refractivity contribution in [2.75, 3.05) is 11.9 Å². The fourth-order valence-corrected chi connectivity index (χ4v) is 2.91. The summed E-state index contributed by atoms with van der Waals surface area (Å²) in [5, 5.41) is 16.1. The summed E-state index contributed by atoms with van der Waals surface area (Å²) in [5.41, 5.74) is 2.95. The van der Waals surface area contributed by atoms with Gasteiger partial charge in [0.05, 0.1) is 10.7 Å². The van der Waals surface area contributed by atoms with Crippen molar-refractivity contribution in [3.63, 3.8) is 0 Å². The Hall–Kier alpha value is -2.47. The maximum absolute atomic E-state index is 13.3. The molecule has 1 aromatic carbocycles. The van der Waals surface area contributed by atoms with E-state index in [0.717, 1.165) is 28.3 Å². The molecule has 3 rings (SSSR count). The van der Waals surface area contributed by atoms with Crippen LogP contribution < -0.4 is 5.32 Å². The first-order valence-electron chi connectivity index (χ1n) is 7.55. The molecule has 2 N–H and O–H groups in total. The average Bonchev–Trinajstić information content (AvgIpc) is 2.99. The number of oxime groups is 1. The second kappa shape index (κ2) is 6.97. The Morgan fingerprint density at radius 1 is 1.42 bits per heavy atom. The molecule has 0 atom stereocenters. The van der Waals surface area contributed by atoms with E-state index in [2.05, 4.69) is 20.4 Å². The monoisotopic (exact) mass is 346 g/mol. The lowest BCUT2D eigenvalue weighted by Gasteiger charge is -2.09. The zero-order valence-electron chi connectivity index (χ0n) is 13.1. The van der Waals surface area contributed by atoms with E-state index in [1.165, 1.54) is 12.1 Å². The summed E-state index contributed by atoms with van der Waals surface area (Å²) in [6.45, 7) is 2.64. The number of fused-ring (bicyclic) bond motifs is 1. The van der Waals surface area contributed by atoms with Crippen molar-refractivity contribution in [2.45, 2.75) is 19.8 Å². The second-order valence-electron chi connectivity index (χ2n) is 5.38. The fraction of sp³-hybridized carbons (Fsp3) is 0.235. The van der Waals surface area contributed by atoms with Crippen molar-refractivity contribution in [3.05, 3.63) is 58.0 Å². The molecule has 0 saturated carbocycles. The predicted molar refractivity (Wildman–Crippen MR) is 93.0 cm³/mol. The molecule has 2 aromatic rings. The molecular weight excluding hydrogens is 331 g/mol. The minimum absolute atomic E-state index is 0.0452. The minimum Gasteiger partial charge on any atom is -0.411 e. The van der Waals surface area contributed by atoms with Crippen LogP contribution in [0.25, 0.3) is 0 Å². The highest BCUT2D eigenvalue weighted by Crippen LogP contribution is 2.26. The molecule has 0 spiro atoms. The third-order valence-corrected chi connectivity index (χ3v) is 4.09. The maximum Gasteiger partial charge on any atom is 0.141 e. The highest BCUT2D eigenvalue weighted by atomic mass is 35.5. The van der Waals surface area contributed by atoms with Crippen LogP contribution in [0.2, 0.25) is 5.02 Å². The molecule has 1 aromatic heterocycles. The number of rotatable bonds is 4. The topological polar surface area (TPSA) is 69.9 Å². The Kier molecular flexibility index (Phi) is 4.76. The third-order valence-electron chi connectivity index (χ3n) is 3.80. The van der Waals surface area contributed by atoms with Crippen molar-refractivity contribution in [3.8, 4) is 0 Å². The van der Waals surface area contributed by atoms with Gasteiger partial charge in [-0.15, -0.1) is 0 Å². The first-order chi connectivity index (χ1) is 11.6. The van der Waals surface area contributed by atoms with Crippen LogP contribution in [0.15, 0.2) is 40.6 Å². The van der Waals surface area contributed by atoms with Crippen molar-refractivity contribution in [2.24, 2.45) is 10.1 Å². The number of pyridine rings is 1. The summed E-state index contributed by atoms with van der Waals surface area (Å²) in [7, 11) is 0. The Balaban J connectivity index is 1.92. The lowest BCUT2D eigenvalue weighted by Crippen LogP contribution is -2.09. The standard InChI is InChI=1S/C17H16ClFN4O/c1-2-20-16-9-12-11(5-6-21-17(12)22-16)15(23-24)8-10-3-4-14(19)13(18)7-10/h3-7,24H,2,8-9H2,1H3,(H,20,21,22)/b23-15+. The summed E-state index contributed by atoms with van der Waals surface area (Å²) in [6, 6.07) is 6.26. The maximum atomic E-state index is 13.3. The summed E-state index contributed by atoms with van der Waals surface area (Å²) in [4.78, 5) is 8.68. The van der Waals surface area contributed by atoms with E-state index in [1.807, 2.05) is 6.92 Å². The van der Waals surface area contributed by atoms with Crippen molar-refractivity contribution in [1.29, 1.82) is 0 Å². The number of benzene rings is 1. The van der Waals surface area contributed by atoms with Crippen LogP contribution in [0, 0.1) is 5.82 Å². The Bertz CT molecular complexity index is 835. The summed E-state index contributed by atoms with van der Waals surface area (Å²) in [6.07, 6.45) is 2.58. The Morgan fingerprint density at radius 2 is 2.25 bits per heavy atom. The lowest BCUT2D eigenvalue weighted by molar-refractivity contribution is 0.318. The van der Waals surface area contributed by atoms with Crippen LogP contribution in [0.5, 0.6) is 0 Å². The van der Waals surface area contributed by atoms with E-state index in [4.69, 9.17) is 11.6 Å². The zero-order chi connectivity index (χ0) is 17.1. The number of halogens is 2. The largest absolute Gasteiger partial charge is 0.411 e. The molecule has 0 fully saturated rings. The van der Waals surface area contributed by atoms with Crippen LogP contribution in [0.1, 0.15) is 23.6 Å². The fourth-order valence-electron chi connectivity index (χ4n) is 2.71. The molecule has 124 valence electrons. The molecule has 0 aliphatic carbocycles. The summed E-state index contributed by atoms with van der Waals surface area (Å²) >= 11 is 5.82. The highest BCUT2D eigenvalue weighted by Gasteiger charge is 2.23. The zero-order valence-corrected chi connectivity index (χ0v) is 13.8. The number of amidine groups is 1. The number of aromatic nitrogens is 1. The van der Waals surface area contributed by atoms with Crippen LogP contribution in [-0.4, -0.2) is 28.3 Å². The van der Waals surface area contributed by atoms with Gasteiger partial charge in [0.2, 0.25) is 0 Å². The molecule has 0 saturated heterocycles. The summed E-state index contributed by atoms with van der Waals surface area (Å²) in [5.74, 6) is 1.09. The number of anilines is 1. The van der Waals surface area contributed by atoms with Crippen molar-refractivity contribution >= 4 is 29.0 Å². The predicted octanol–water partition coefficient (Wildman–Crippen LogP) is 3.68. The molecule has 1 aliphatic heterocycles. The molecule has 24 heavy (non-hydrogen) atoms. The van der Waals surface area contributed by atoms with E-state index in [-0.39, 0.29) is 5.02 Å². The lowest BCUT2D eigenvalue weighted by atomic mass is 9.98. The number of aliphatic imine (C=N–C) groups is 1. The van der Waals surface area contributed by atoms with E-state index in [1.54, 1.807) is 18.3 Å². The van der Waals surface area contributed by atoms with Gasteiger partial charge in [0.1, 0.15) is 17.5 Å². The smallest absolute Gasteiger partial charge is 0.141 e. The van der Waals surface area contributed by atoms with Crippen LogP contribution >= 0.6 is 11.6 Å². The molecule has 1 aliphatic rings. The quantitative estimate of drug-likeness (QED) is 0.504. The van der Waals surface area contributed by atoms with Crippen LogP contribution in [-0.2, 0) is 12.8 Å². The summed E-state index contributed by atoms with van der Waals surface area (Å²) < 4.78 is 13.3. The molecular formula is C17H16ClFN4O. The van der Waals surface area contributed by atoms with Gasteiger partial charge in [0.25, 0.3) is 0 Å². The van der Waals surface area contributed by atoms with Gasteiger partial charge < -0.3 is 10.5 Å². The molecule has 2 heterocycles. The SMILES string of the molecule is CCN=C1Cc2c(/C(Cc3ccc(F)c(Cl)c3)=N/O)ccnc2N1. The first kappa shape index (κ1) is 16.4. The van der Waals surface area contributed by atoms with Gasteiger partial charge in [-0.25, -0.2) is 9.37 Å². The number of hydrogen-bond donors (Lipinski definition) is 2. The molecule has 0 amide bonds. The number of nitrogens with one attached hydrogen (secondary N) is 1. The number of hydrogen-bond acceptors (Lipinski definition) is 4. The highest BCUT2D eigenvalue weighted by molar-refractivity contribution is 6.30. The van der Waals surface area contributed by atoms with Gasteiger partial charge in [0.15, 0.2) is 0 Å². The molecule has 0 unspecified atom stereocenters. The van der Waals surface area contributed by atoms with Crippen molar-refractivity contribution in [1.82, 2.24) is 4.98 Å². The molecule has 0 bridgehead atoms. The molecule has 7 heteroatoms. The Labute approximate surface area is 143 Å². The van der Waals surface area contributed by atoms with Gasteiger partial charge in [-0.1, -0.05) is 22.8 Å².